The van der Waals surface area contributed by atoms with Gasteiger partial charge < -0.3 is 5.73 Å². The molecule has 0 aliphatic rings. The smallest absolute Gasteiger partial charge is 0.0992 e. The molecule has 0 aromatic heterocycles. The molecular formula is C8H8N2S. The predicted octanol–water partition coefficient (Wildman–Crippen LogP) is 1.86. The van der Waals surface area contributed by atoms with Crippen LogP contribution in [0.25, 0.3) is 0 Å². The first-order valence-electron chi connectivity index (χ1n) is 3.11. The molecule has 0 heterocycles. The summed E-state index contributed by atoms with van der Waals surface area (Å²) < 4.78 is 0. The lowest BCUT2D eigenvalue weighted by molar-refractivity contribution is 1.41. The Morgan fingerprint density at radius 3 is 2.82 bits per heavy atom. The van der Waals surface area contributed by atoms with Crippen LogP contribution >= 0.6 is 11.8 Å². The topological polar surface area (TPSA) is 49.8 Å². The van der Waals surface area contributed by atoms with E-state index in [0.717, 1.165) is 10.6 Å². The van der Waals surface area contributed by atoms with Crippen molar-refractivity contribution in [2.45, 2.75) is 4.90 Å². The van der Waals surface area contributed by atoms with Gasteiger partial charge in [0.25, 0.3) is 0 Å². The Labute approximate surface area is 70.0 Å². The van der Waals surface area contributed by atoms with Crippen molar-refractivity contribution in [1.29, 1.82) is 5.26 Å². The van der Waals surface area contributed by atoms with Gasteiger partial charge in [-0.1, -0.05) is 0 Å². The highest BCUT2D eigenvalue weighted by Gasteiger charge is 1.97. The van der Waals surface area contributed by atoms with Crippen molar-refractivity contribution in [3.8, 4) is 6.07 Å². The fourth-order valence-electron chi connectivity index (χ4n) is 0.781. The zero-order chi connectivity index (χ0) is 8.27. The molecule has 3 heteroatoms. The molecule has 0 unspecified atom stereocenters. The van der Waals surface area contributed by atoms with Gasteiger partial charge in [0.2, 0.25) is 0 Å². The van der Waals surface area contributed by atoms with Crippen LogP contribution in [-0.4, -0.2) is 6.26 Å². The molecule has 0 atom stereocenters. The maximum Gasteiger partial charge on any atom is 0.0992 e. The quantitative estimate of drug-likeness (QED) is 0.509. The largest absolute Gasteiger partial charge is 0.398 e. The second kappa shape index (κ2) is 3.31. The van der Waals surface area contributed by atoms with E-state index in [2.05, 4.69) is 6.07 Å². The summed E-state index contributed by atoms with van der Waals surface area (Å²) in [6.07, 6.45) is 1.94. The molecule has 0 aliphatic carbocycles. The highest BCUT2D eigenvalue weighted by atomic mass is 32.2. The molecule has 2 nitrogen and oxygen atoms in total. The summed E-state index contributed by atoms with van der Waals surface area (Å²) in [5.74, 6) is 0. The molecule has 0 bridgehead atoms. The molecule has 0 radical (unpaired) electrons. The van der Waals surface area contributed by atoms with E-state index in [9.17, 15) is 0 Å². The first-order chi connectivity index (χ1) is 5.27. The Morgan fingerprint density at radius 2 is 2.27 bits per heavy atom. The highest BCUT2D eigenvalue weighted by molar-refractivity contribution is 7.98. The van der Waals surface area contributed by atoms with E-state index in [1.54, 1.807) is 30.0 Å². The van der Waals surface area contributed by atoms with E-state index in [4.69, 9.17) is 11.0 Å². The first-order valence-corrected chi connectivity index (χ1v) is 4.34. The molecule has 1 aromatic carbocycles. The first kappa shape index (κ1) is 7.96. The van der Waals surface area contributed by atoms with E-state index in [-0.39, 0.29) is 0 Å². The minimum atomic E-state index is 0.656. The Morgan fingerprint density at radius 1 is 1.55 bits per heavy atom. The van der Waals surface area contributed by atoms with E-state index < -0.39 is 0 Å². The summed E-state index contributed by atoms with van der Waals surface area (Å²) in [4.78, 5) is 0.962. The van der Waals surface area contributed by atoms with Crippen LogP contribution in [0.1, 0.15) is 5.56 Å². The van der Waals surface area contributed by atoms with Gasteiger partial charge >= 0.3 is 0 Å². The average Bonchev–Trinajstić information content (AvgIpc) is 2.05. The zero-order valence-electron chi connectivity index (χ0n) is 6.16. The fourth-order valence-corrected chi connectivity index (χ4v) is 1.33. The maximum absolute atomic E-state index is 8.55. The number of rotatable bonds is 1. The molecule has 1 aromatic rings. The van der Waals surface area contributed by atoms with Crippen molar-refractivity contribution in [2.75, 3.05) is 12.0 Å². The van der Waals surface area contributed by atoms with Crippen molar-refractivity contribution in [3.05, 3.63) is 23.8 Å². The van der Waals surface area contributed by atoms with E-state index in [1.165, 1.54) is 0 Å². The molecule has 0 fully saturated rings. The van der Waals surface area contributed by atoms with Gasteiger partial charge in [-0.3, -0.25) is 0 Å². The van der Waals surface area contributed by atoms with Crippen molar-refractivity contribution >= 4 is 17.4 Å². The standard InChI is InChI=1S/C8H8N2S/c1-11-8-4-6(5-9)2-3-7(8)10/h2-4H,10H2,1H3. The van der Waals surface area contributed by atoms with Crippen molar-refractivity contribution in [3.63, 3.8) is 0 Å². The normalized spacial score (nSPS) is 9.09. The van der Waals surface area contributed by atoms with Crippen molar-refractivity contribution < 1.29 is 0 Å². The van der Waals surface area contributed by atoms with Gasteiger partial charge in [-0.15, -0.1) is 11.8 Å². The number of nitrogens with zero attached hydrogens (tertiary/aromatic N) is 1. The lowest BCUT2D eigenvalue weighted by atomic mass is 10.2. The van der Waals surface area contributed by atoms with Crippen molar-refractivity contribution in [2.24, 2.45) is 0 Å². The molecule has 2 N–H and O–H groups in total. The van der Waals surface area contributed by atoms with Gasteiger partial charge in [0.05, 0.1) is 11.6 Å². The summed E-state index contributed by atoms with van der Waals surface area (Å²) >= 11 is 1.55. The number of hydrogen-bond donors (Lipinski definition) is 1. The van der Waals surface area contributed by atoms with Crippen LogP contribution in [0, 0.1) is 11.3 Å². The van der Waals surface area contributed by atoms with Crippen LogP contribution in [0.15, 0.2) is 23.1 Å². The fraction of sp³-hybridized carbons (Fsp3) is 0.125. The number of nitrogens with two attached hydrogens (primary N) is 1. The zero-order valence-corrected chi connectivity index (χ0v) is 6.98. The number of hydrogen-bond acceptors (Lipinski definition) is 3. The summed E-state index contributed by atoms with van der Waals surface area (Å²) in [5, 5.41) is 8.55. The number of benzene rings is 1. The molecular weight excluding hydrogens is 156 g/mol. The monoisotopic (exact) mass is 164 g/mol. The second-order valence-corrected chi connectivity index (χ2v) is 2.92. The molecule has 0 aliphatic heterocycles. The minimum absolute atomic E-state index is 0.656. The van der Waals surface area contributed by atoms with Gasteiger partial charge in [0, 0.05) is 10.6 Å². The Hall–Kier alpha value is -1.14. The summed E-state index contributed by atoms with van der Waals surface area (Å²) in [5.41, 5.74) is 7.01. The number of nitriles is 1. The molecule has 56 valence electrons. The summed E-state index contributed by atoms with van der Waals surface area (Å²) in [6.45, 7) is 0. The van der Waals surface area contributed by atoms with E-state index in [0.29, 0.717) is 5.56 Å². The lowest BCUT2D eigenvalue weighted by Gasteiger charge is -2.00. The van der Waals surface area contributed by atoms with Crippen LogP contribution in [0.3, 0.4) is 0 Å². The second-order valence-electron chi connectivity index (χ2n) is 2.07. The SMILES string of the molecule is CSc1cc(C#N)ccc1N. The third kappa shape index (κ3) is 1.66. The number of anilines is 1. The van der Waals surface area contributed by atoms with Crippen LogP contribution in [0.5, 0.6) is 0 Å². The Balaban J connectivity index is 3.15. The van der Waals surface area contributed by atoms with Crippen LogP contribution in [-0.2, 0) is 0 Å². The van der Waals surface area contributed by atoms with Gasteiger partial charge in [-0.2, -0.15) is 5.26 Å². The predicted molar refractivity (Wildman–Crippen MR) is 47.4 cm³/mol. The average molecular weight is 164 g/mol. The molecule has 0 spiro atoms. The maximum atomic E-state index is 8.55. The number of thioether (sulfide) groups is 1. The summed E-state index contributed by atoms with van der Waals surface area (Å²) in [6, 6.07) is 7.32. The van der Waals surface area contributed by atoms with E-state index >= 15 is 0 Å². The third-order valence-electron chi connectivity index (χ3n) is 1.36. The van der Waals surface area contributed by atoms with Gasteiger partial charge in [0.1, 0.15) is 0 Å². The van der Waals surface area contributed by atoms with Crippen LogP contribution in [0.2, 0.25) is 0 Å². The number of nitrogen functional groups attached to an aromatic ring is 1. The Kier molecular flexibility index (Phi) is 2.40. The third-order valence-corrected chi connectivity index (χ3v) is 2.16. The van der Waals surface area contributed by atoms with Crippen LogP contribution < -0.4 is 5.73 Å². The summed E-state index contributed by atoms with van der Waals surface area (Å²) in [7, 11) is 0. The highest BCUT2D eigenvalue weighted by Crippen LogP contribution is 2.23. The molecule has 0 amide bonds. The van der Waals surface area contributed by atoms with E-state index in [1.807, 2.05) is 6.26 Å². The molecule has 0 saturated carbocycles. The lowest BCUT2D eigenvalue weighted by Crippen LogP contribution is -1.88. The van der Waals surface area contributed by atoms with Gasteiger partial charge in [0.15, 0.2) is 0 Å². The van der Waals surface area contributed by atoms with Crippen molar-refractivity contribution in [1.82, 2.24) is 0 Å². The molecule has 0 saturated heterocycles. The van der Waals surface area contributed by atoms with Gasteiger partial charge in [-0.05, 0) is 24.5 Å². The van der Waals surface area contributed by atoms with Gasteiger partial charge in [-0.25, -0.2) is 0 Å². The van der Waals surface area contributed by atoms with Crippen LogP contribution in [0.4, 0.5) is 5.69 Å². The Bertz CT molecular complexity index is 301. The molecule has 1 rings (SSSR count). The molecule has 11 heavy (non-hydrogen) atoms. The minimum Gasteiger partial charge on any atom is -0.398 e.